The third-order valence-electron chi connectivity index (χ3n) is 3.92. The fourth-order valence-electron chi connectivity index (χ4n) is 2.64. The minimum absolute atomic E-state index is 0.270. The molecular weight excluding hydrogens is 244 g/mol. The number of furan rings is 1. The number of hydrogen-bond acceptors (Lipinski definition) is 4. The first-order valence-electron chi connectivity index (χ1n) is 6.68. The summed E-state index contributed by atoms with van der Waals surface area (Å²) in [6.07, 6.45) is 2.30. The van der Waals surface area contributed by atoms with Crippen LogP contribution >= 0.6 is 0 Å². The SMILES string of the molecule is Cc1oc(CN(C)C2CCN(C)CC2)cc1C(=O)O. The Hall–Kier alpha value is -1.33. The number of hydrogen-bond donors (Lipinski definition) is 1. The standard InChI is InChI=1S/C14H22N2O3/c1-10-13(14(17)18)8-12(19-10)9-16(3)11-4-6-15(2)7-5-11/h8,11H,4-7,9H2,1-3H3,(H,17,18). The highest BCUT2D eigenvalue weighted by Crippen LogP contribution is 2.20. The molecule has 5 nitrogen and oxygen atoms in total. The minimum Gasteiger partial charge on any atom is -0.478 e. The number of aromatic carboxylic acids is 1. The van der Waals surface area contributed by atoms with Gasteiger partial charge in [0.1, 0.15) is 17.1 Å². The number of carboxylic acid groups (broad SMARTS) is 1. The van der Waals surface area contributed by atoms with Crippen molar-refractivity contribution < 1.29 is 14.3 Å². The Labute approximate surface area is 113 Å². The van der Waals surface area contributed by atoms with Crippen LogP contribution < -0.4 is 0 Å². The van der Waals surface area contributed by atoms with E-state index in [1.165, 1.54) is 0 Å². The molecule has 0 unspecified atom stereocenters. The molecule has 106 valence electrons. The summed E-state index contributed by atoms with van der Waals surface area (Å²) in [5.74, 6) is 0.296. The van der Waals surface area contributed by atoms with Crippen LogP contribution in [0.2, 0.25) is 0 Å². The van der Waals surface area contributed by atoms with Crippen LogP contribution in [-0.2, 0) is 6.54 Å². The zero-order valence-corrected chi connectivity index (χ0v) is 11.8. The van der Waals surface area contributed by atoms with E-state index in [0.717, 1.165) is 31.7 Å². The summed E-state index contributed by atoms with van der Waals surface area (Å²) >= 11 is 0. The van der Waals surface area contributed by atoms with Crippen molar-refractivity contribution in [3.8, 4) is 0 Å². The predicted octanol–water partition coefficient (Wildman–Crippen LogP) is 1.81. The monoisotopic (exact) mass is 266 g/mol. The molecule has 0 radical (unpaired) electrons. The van der Waals surface area contributed by atoms with Crippen LogP contribution in [0.25, 0.3) is 0 Å². The van der Waals surface area contributed by atoms with E-state index in [1.807, 2.05) is 0 Å². The minimum atomic E-state index is -0.922. The van der Waals surface area contributed by atoms with Crippen LogP contribution in [0, 0.1) is 6.92 Å². The van der Waals surface area contributed by atoms with Crippen LogP contribution in [0.3, 0.4) is 0 Å². The summed E-state index contributed by atoms with van der Waals surface area (Å²) in [6.45, 7) is 4.60. The topological polar surface area (TPSA) is 56.9 Å². The molecule has 1 saturated heterocycles. The van der Waals surface area contributed by atoms with Gasteiger partial charge in [0.25, 0.3) is 0 Å². The van der Waals surface area contributed by atoms with Crippen molar-refractivity contribution in [3.63, 3.8) is 0 Å². The van der Waals surface area contributed by atoms with Crippen LogP contribution in [0.5, 0.6) is 0 Å². The fourth-order valence-corrected chi connectivity index (χ4v) is 2.64. The summed E-state index contributed by atoms with van der Waals surface area (Å²) in [7, 11) is 4.22. The van der Waals surface area contributed by atoms with Gasteiger partial charge in [0, 0.05) is 6.04 Å². The van der Waals surface area contributed by atoms with Crippen LogP contribution in [-0.4, -0.2) is 54.1 Å². The van der Waals surface area contributed by atoms with Crippen LogP contribution in [0.15, 0.2) is 10.5 Å². The van der Waals surface area contributed by atoms with E-state index in [9.17, 15) is 4.79 Å². The van der Waals surface area contributed by atoms with E-state index >= 15 is 0 Å². The molecule has 2 heterocycles. The van der Waals surface area contributed by atoms with Crippen molar-refractivity contribution in [2.24, 2.45) is 0 Å². The van der Waals surface area contributed by atoms with Gasteiger partial charge in [0.05, 0.1) is 6.54 Å². The zero-order chi connectivity index (χ0) is 14.0. The Kier molecular flexibility index (Phi) is 4.27. The molecule has 0 bridgehead atoms. The van der Waals surface area contributed by atoms with Gasteiger partial charge in [-0.1, -0.05) is 0 Å². The third kappa shape index (κ3) is 3.36. The van der Waals surface area contributed by atoms with Crippen molar-refractivity contribution in [1.29, 1.82) is 0 Å². The molecule has 19 heavy (non-hydrogen) atoms. The van der Waals surface area contributed by atoms with Crippen molar-refractivity contribution in [2.75, 3.05) is 27.2 Å². The number of nitrogens with zero attached hydrogens (tertiary/aromatic N) is 2. The highest BCUT2D eigenvalue weighted by molar-refractivity contribution is 5.88. The molecule has 2 rings (SSSR count). The summed E-state index contributed by atoms with van der Waals surface area (Å²) in [6, 6.07) is 2.19. The Morgan fingerprint density at radius 3 is 2.68 bits per heavy atom. The fraction of sp³-hybridized carbons (Fsp3) is 0.643. The second-order valence-electron chi connectivity index (χ2n) is 5.44. The Morgan fingerprint density at radius 1 is 1.53 bits per heavy atom. The smallest absolute Gasteiger partial charge is 0.339 e. The average Bonchev–Trinajstić information content (AvgIpc) is 2.71. The first-order chi connectivity index (χ1) is 8.97. The maximum Gasteiger partial charge on any atom is 0.339 e. The molecule has 0 aliphatic carbocycles. The van der Waals surface area contributed by atoms with Crippen molar-refractivity contribution in [1.82, 2.24) is 9.80 Å². The molecule has 1 aromatic heterocycles. The van der Waals surface area contributed by atoms with Crippen LogP contribution in [0.1, 0.15) is 34.7 Å². The number of carbonyl (C=O) groups is 1. The van der Waals surface area contributed by atoms with Gasteiger partial charge >= 0.3 is 5.97 Å². The van der Waals surface area contributed by atoms with Gasteiger partial charge in [-0.25, -0.2) is 4.79 Å². The van der Waals surface area contributed by atoms with E-state index in [0.29, 0.717) is 18.3 Å². The van der Waals surface area contributed by atoms with E-state index < -0.39 is 5.97 Å². The van der Waals surface area contributed by atoms with E-state index in [2.05, 4.69) is 23.9 Å². The number of rotatable bonds is 4. The third-order valence-corrected chi connectivity index (χ3v) is 3.92. The van der Waals surface area contributed by atoms with E-state index in [1.54, 1.807) is 13.0 Å². The lowest BCUT2D eigenvalue weighted by molar-refractivity contribution is 0.0695. The zero-order valence-electron chi connectivity index (χ0n) is 11.8. The highest BCUT2D eigenvalue weighted by Gasteiger charge is 2.22. The van der Waals surface area contributed by atoms with Gasteiger partial charge in [-0.05, 0) is 53.0 Å². The van der Waals surface area contributed by atoms with E-state index in [-0.39, 0.29) is 5.56 Å². The highest BCUT2D eigenvalue weighted by atomic mass is 16.4. The molecule has 1 aromatic rings. The molecule has 0 aromatic carbocycles. The summed E-state index contributed by atoms with van der Waals surface area (Å²) in [4.78, 5) is 15.6. The normalized spacial score (nSPS) is 18.1. The van der Waals surface area contributed by atoms with Gasteiger partial charge in [-0.15, -0.1) is 0 Å². The van der Waals surface area contributed by atoms with Gasteiger partial charge < -0.3 is 14.4 Å². The second-order valence-corrected chi connectivity index (χ2v) is 5.44. The van der Waals surface area contributed by atoms with Gasteiger partial charge in [0.2, 0.25) is 0 Å². The van der Waals surface area contributed by atoms with E-state index in [4.69, 9.17) is 9.52 Å². The lowest BCUT2D eigenvalue weighted by Gasteiger charge is -2.34. The first kappa shape index (κ1) is 14.1. The summed E-state index contributed by atoms with van der Waals surface area (Å²) < 4.78 is 5.53. The molecule has 0 spiro atoms. The number of piperidine rings is 1. The number of likely N-dealkylation sites (tertiary alicyclic amines) is 1. The van der Waals surface area contributed by atoms with Gasteiger partial charge in [-0.2, -0.15) is 0 Å². The molecule has 0 saturated carbocycles. The first-order valence-corrected chi connectivity index (χ1v) is 6.68. The maximum atomic E-state index is 11.0. The molecule has 5 heteroatoms. The average molecular weight is 266 g/mol. The quantitative estimate of drug-likeness (QED) is 0.900. The van der Waals surface area contributed by atoms with Crippen molar-refractivity contribution in [3.05, 3.63) is 23.2 Å². The number of carboxylic acids is 1. The molecular formula is C14H22N2O3. The molecule has 1 aliphatic heterocycles. The Bertz CT molecular complexity index is 448. The largest absolute Gasteiger partial charge is 0.478 e. The Morgan fingerprint density at radius 2 is 2.16 bits per heavy atom. The molecule has 0 amide bonds. The molecule has 1 aliphatic rings. The summed E-state index contributed by atoms with van der Waals surface area (Å²) in [5.41, 5.74) is 0.270. The number of aryl methyl sites for hydroxylation is 1. The van der Waals surface area contributed by atoms with Gasteiger partial charge in [0.15, 0.2) is 0 Å². The second kappa shape index (κ2) is 5.75. The molecule has 1 N–H and O–H groups in total. The van der Waals surface area contributed by atoms with Gasteiger partial charge in [-0.3, -0.25) is 4.90 Å². The van der Waals surface area contributed by atoms with Crippen molar-refractivity contribution >= 4 is 5.97 Å². The summed E-state index contributed by atoms with van der Waals surface area (Å²) in [5, 5.41) is 9.01. The molecule has 1 fully saturated rings. The maximum absolute atomic E-state index is 11.0. The lowest BCUT2D eigenvalue weighted by atomic mass is 10.0. The van der Waals surface area contributed by atoms with Crippen molar-refractivity contribution in [2.45, 2.75) is 32.4 Å². The lowest BCUT2D eigenvalue weighted by Crippen LogP contribution is -2.41. The van der Waals surface area contributed by atoms with Crippen LogP contribution in [0.4, 0.5) is 0 Å². The Balaban J connectivity index is 1.97. The predicted molar refractivity (Wildman–Crippen MR) is 72.4 cm³/mol. The molecule has 0 atom stereocenters.